The minimum atomic E-state index is -4.02. The van der Waals surface area contributed by atoms with Gasteiger partial charge < -0.3 is 9.89 Å². The van der Waals surface area contributed by atoms with Crippen LogP contribution in [0.25, 0.3) is 17.2 Å². The van der Waals surface area contributed by atoms with Gasteiger partial charge in [-0.25, -0.2) is 0 Å². The lowest BCUT2D eigenvalue weighted by Crippen LogP contribution is -2.36. The van der Waals surface area contributed by atoms with E-state index in [0.717, 1.165) is 11.2 Å². The zero-order chi connectivity index (χ0) is 21.6. The second-order valence-corrected chi connectivity index (χ2v) is 8.20. The van der Waals surface area contributed by atoms with E-state index in [9.17, 15) is 13.2 Å². The first kappa shape index (κ1) is 24.0. The van der Waals surface area contributed by atoms with Crippen LogP contribution in [0.1, 0.15) is 19.2 Å². The standard InChI is InChI=1S/C22H22N2O5S.H2O/c1-18(25)23(19-10-3-2-4-11-19)15-8-7-14-22-24(16-9-17-30(26,27)28)20-12-5-6-13-21(20)29-22;/h2-8,10-15H,9,16-17H2,1H3;1H2. The van der Waals surface area contributed by atoms with Gasteiger partial charge in [0.25, 0.3) is 15.6 Å². The number of fused-ring (bicyclic) bond motifs is 1. The molecule has 0 saturated carbocycles. The number of hydrogen-bond donors (Lipinski definition) is 1. The zero-order valence-electron chi connectivity index (χ0n) is 17.0. The highest BCUT2D eigenvalue weighted by Gasteiger charge is 2.20. The summed E-state index contributed by atoms with van der Waals surface area (Å²) in [6.07, 6.45) is 7.13. The number of carbonyl (C=O) groups excluding carboxylic acids is 1. The summed E-state index contributed by atoms with van der Waals surface area (Å²) in [5.74, 6) is 0.0906. The molecule has 0 unspecified atom stereocenters. The van der Waals surface area contributed by atoms with Crippen molar-refractivity contribution in [2.24, 2.45) is 0 Å². The smallest absolute Gasteiger partial charge is 0.374 e. The monoisotopic (exact) mass is 444 g/mol. The highest BCUT2D eigenvalue weighted by atomic mass is 32.2. The SMILES string of the molecule is CC(=O)N(C=CC=Cc1oc2ccccc2[n+]1CCCS(=O)(=O)O)c1ccccc1.[OH-]. The van der Waals surface area contributed by atoms with Gasteiger partial charge in [-0.15, -0.1) is 0 Å². The number of allylic oxidation sites excluding steroid dienone is 2. The molecule has 8 nitrogen and oxygen atoms in total. The quantitative estimate of drug-likeness (QED) is 0.323. The Morgan fingerprint density at radius 1 is 1.10 bits per heavy atom. The number of anilines is 1. The van der Waals surface area contributed by atoms with Gasteiger partial charge in [0.2, 0.25) is 11.5 Å². The molecule has 1 aromatic heterocycles. The summed E-state index contributed by atoms with van der Waals surface area (Å²) in [4.78, 5) is 13.5. The Morgan fingerprint density at radius 3 is 2.45 bits per heavy atom. The van der Waals surface area contributed by atoms with Crippen molar-refractivity contribution in [2.45, 2.75) is 19.9 Å². The molecular weight excluding hydrogens is 420 g/mol. The molecule has 0 aliphatic heterocycles. The van der Waals surface area contributed by atoms with Gasteiger partial charge in [0, 0.05) is 31.3 Å². The van der Waals surface area contributed by atoms with E-state index < -0.39 is 10.1 Å². The van der Waals surface area contributed by atoms with Gasteiger partial charge >= 0.3 is 5.89 Å². The van der Waals surface area contributed by atoms with Crippen LogP contribution in [0, 0.1) is 0 Å². The average Bonchev–Trinajstić information content (AvgIpc) is 3.05. The molecule has 2 N–H and O–H groups in total. The molecule has 0 radical (unpaired) electrons. The fourth-order valence-corrected chi connectivity index (χ4v) is 3.54. The summed E-state index contributed by atoms with van der Waals surface area (Å²) >= 11 is 0. The van der Waals surface area contributed by atoms with Crippen molar-refractivity contribution in [3.63, 3.8) is 0 Å². The van der Waals surface area contributed by atoms with Crippen LogP contribution in [0.2, 0.25) is 0 Å². The van der Waals surface area contributed by atoms with E-state index in [1.165, 1.54) is 11.8 Å². The zero-order valence-corrected chi connectivity index (χ0v) is 17.8. The molecule has 1 heterocycles. The summed E-state index contributed by atoms with van der Waals surface area (Å²) < 4.78 is 38.7. The molecule has 3 rings (SSSR count). The molecule has 31 heavy (non-hydrogen) atoms. The Bertz CT molecular complexity index is 1180. The molecule has 0 atom stereocenters. The lowest BCUT2D eigenvalue weighted by molar-refractivity contribution is -0.677. The van der Waals surface area contributed by atoms with Crippen molar-refractivity contribution < 1.29 is 32.2 Å². The van der Waals surface area contributed by atoms with Gasteiger partial charge in [-0.2, -0.15) is 13.0 Å². The molecule has 0 aliphatic rings. The number of aryl methyl sites for hydroxylation is 1. The number of oxazole rings is 1. The predicted molar refractivity (Wildman–Crippen MR) is 117 cm³/mol. The molecule has 164 valence electrons. The Morgan fingerprint density at radius 2 is 1.77 bits per heavy atom. The number of aromatic nitrogens is 1. The van der Waals surface area contributed by atoms with Gasteiger partial charge in [-0.3, -0.25) is 14.2 Å². The molecule has 0 bridgehead atoms. The lowest BCUT2D eigenvalue weighted by atomic mass is 10.3. The molecule has 0 fully saturated rings. The Labute approximate surface area is 180 Å². The number of para-hydroxylation sites is 3. The van der Waals surface area contributed by atoms with Crippen molar-refractivity contribution in [3.8, 4) is 0 Å². The molecule has 3 aromatic rings. The number of rotatable bonds is 8. The van der Waals surface area contributed by atoms with Gasteiger partial charge in [-0.1, -0.05) is 36.4 Å². The van der Waals surface area contributed by atoms with Crippen molar-refractivity contribution >= 4 is 38.9 Å². The predicted octanol–water partition coefficient (Wildman–Crippen LogP) is 3.40. The Kier molecular flexibility index (Phi) is 8.26. The molecule has 2 aromatic carbocycles. The van der Waals surface area contributed by atoms with Crippen LogP contribution >= 0.6 is 0 Å². The second-order valence-electron chi connectivity index (χ2n) is 6.62. The van der Waals surface area contributed by atoms with E-state index in [1.807, 2.05) is 59.2 Å². The third-order valence-electron chi connectivity index (χ3n) is 4.38. The lowest BCUT2D eigenvalue weighted by Gasteiger charge is -2.15. The topological polar surface area (TPSA) is 122 Å². The Balaban J connectivity index is 0.00000341. The van der Waals surface area contributed by atoms with E-state index in [2.05, 4.69) is 0 Å². The van der Waals surface area contributed by atoms with E-state index in [-0.39, 0.29) is 23.6 Å². The Hall–Kier alpha value is -3.27. The number of nitrogens with zero attached hydrogens (tertiary/aromatic N) is 2. The molecule has 9 heteroatoms. The van der Waals surface area contributed by atoms with Crippen LogP contribution in [-0.4, -0.2) is 30.1 Å². The van der Waals surface area contributed by atoms with Gasteiger partial charge in [0.05, 0.1) is 11.8 Å². The molecule has 0 aliphatic carbocycles. The van der Waals surface area contributed by atoms with Crippen molar-refractivity contribution in [2.75, 3.05) is 10.7 Å². The third kappa shape index (κ3) is 6.61. The van der Waals surface area contributed by atoms with E-state index >= 15 is 0 Å². The maximum atomic E-state index is 11.9. The first-order valence-corrected chi connectivity index (χ1v) is 11.0. The second kappa shape index (κ2) is 10.7. The van der Waals surface area contributed by atoms with Crippen LogP contribution in [0.5, 0.6) is 0 Å². The number of benzene rings is 2. The highest BCUT2D eigenvalue weighted by molar-refractivity contribution is 7.85. The normalized spacial score (nSPS) is 11.8. The number of hydrogen-bond acceptors (Lipinski definition) is 5. The maximum absolute atomic E-state index is 11.9. The van der Waals surface area contributed by atoms with E-state index in [0.29, 0.717) is 18.0 Å². The summed E-state index contributed by atoms with van der Waals surface area (Å²) in [5, 5.41) is 0. The maximum Gasteiger partial charge on any atom is 0.374 e. The molecule has 1 amide bonds. The van der Waals surface area contributed by atoms with Crippen molar-refractivity contribution in [1.29, 1.82) is 0 Å². The fraction of sp³-hybridized carbons (Fsp3) is 0.182. The van der Waals surface area contributed by atoms with Gasteiger partial charge in [0.1, 0.15) is 0 Å². The van der Waals surface area contributed by atoms with Crippen LogP contribution in [0.3, 0.4) is 0 Å². The van der Waals surface area contributed by atoms with Crippen LogP contribution in [0.4, 0.5) is 5.69 Å². The van der Waals surface area contributed by atoms with Crippen LogP contribution < -0.4 is 9.47 Å². The minimum Gasteiger partial charge on any atom is -0.870 e. The summed E-state index contributed by atoms with van der Waals surface area (Å²) in [5.41, 5.74) is 2.26. The van der Waals surface area contributed by atoms with Crippen molar-refractivity contribution in [3.05, 3.63) is 78.8 Å². The molecule has 0 saturated heterocycles. The van der Waals surface area contributed by atoms with Crippen LogP contribution in [-0.2, 0) is 21.5 Å². The van der Waals surface area contributed by atoms with E-state index in [4.69, 9.17) is 8.97 Å². The summed E-state index contributed by atoms with van der Waals surface area (Å²) in [7, 11) is -4.02. The largest absolute Gasteiger partial charge is 0.870 e. The van der Waals surface area contributed by atoms with Crippen LogP contribution in [0.15, 0.2) is 77.4 Å². The van der Waals surface area contributed by atoms with Gasteiger partial charge in [0.15, 0.2) is 6.54 Å². The highest BCUT2D eigenvalue weighted by Crippen LogP contribution is 2.16. The fourth-order valence-electron chi connectivity index (χ4n) is 3.05. The minimum absolute atomic E-state index is 0. The first-order valence-electron chi connectivity index (χ1n) is 9.41. The number of amides is 1. The molecule has 0 spiro atoms. The van der Waals surface area contributed by atoms with E-state index in [1.54, 1.807) is 24.4 Å². The molecular formula is C22H24N2O6S. The average molecular weight is 445 g/mol. The van der Waals surface area contributed by atoms with Gasteiger partial charge in [-0.05, 0) is 24.3 Å². The third-order valence-corrected chi connectivity index (χ3v) is 5.18. The number of carbonyl (C=O) groups is 1. The summed E-state index contributed by atoms with van der Waals surface area (Å²) in [6.45, 7) is 1.85. The summed E-state index contributed by atoms with van der Waals surface area (Å²) in [6, 6.07) is 16.7. The first-order chi connectivity index (χ1) is 14.3. The van der Waals surface area contributed by atoms with Crippen molar-refractivity contribution in [1.82, 2.24) is 0 Å².